The Kier molecular flexibility index (Phi) is 5.18. The summed E-state index contributed by atoms with van der Waals surface area (Å²) in [5, 5.41) is 0. The van der Waals surface area contributed by atoms with Crippen molar-refractivity contribution in [2.24, 2.45) is 17.3 Å². The number of carbonyl (C=O) groups excluding carboxylic acids is 3. The molecule has 0 bridgehead atoms. The summed E-state index contributed by atoms with van der Waals surface area (Å²) in [4.78, 5) is 35.4. The van der Waals surface area contributed by atoms with Gasteiger partial charge in [-0.25, -0.2) is 0 Å². The van der Waals surface area contributed by atoms with Crippen LogP contribution in [-0.2, 0) is 23.9 Å². The average molecular weight is 298 g/mol. The lowest BCUT2D eigenvalue weighted by Gasteiger charge is -2.38. The van der Waals surface area contributed by atoms with Crippen LogP contribution in [0.5, 0.6) is 0 Å². The first-order chi connectivity index (χ1) is 9.48. The third-order valence-corrected chi connectivity index (χ3v) is 3.84. The van der Waals surface area contributed by atoms with Crippen molar-refractivity contribution in [3.05, 3.63) is 0 Å². The van der Waals surface area contributed by atoms with E-state index in [0.717, 1.165) is 0 Å². The predicted molar refractivity (Wildman–Crippen MR) is 77.2 cm³/mol. The van der Waals surface area contributed by atoms with E-state index < -0.39 is 23.5 Å². The van der Waals surface area contributed by atoms with Gasteiger partial charge in [0.2, 0.25) is 0 Å². The highest BCUT2D eigenvalue weighted by atomic mass is 16.6. The molecule has 1 aliphatic heterocycles. The monoisotopic (exact) mass is 298 g/mol. The fourth-order valence-electron chi connectivity index (χ4n) is 2.72. The number of cyclic esters (lactones) is 2. The number of esters is 3. The molecule has 0 aromatic carbocycles. The van der Waals surface area contributed by atoms with Gasteiger partial charge in [-0.15, -0.1) is 0 Å². The van der Waals surface area contributed by atoms with E-state index in [2.05, 4.69) is 4.74 Å². The Hall–Kier alpha value is -1.39. The molecule has 1 aliphatic rings. The standard InChI is InChI=1S/C16H26O5/c1-7-10(2)13(18)21-16(6,9-15(3,4)5)11-8-12(17)20-14(11)19/h10-11H,7-9H2,1-6H3. The van der Waals surface area contributed by atoms with Crippen molar-refractivity contribution in [3.8, 4) is 0 Å². The molecule has 5 nitrogen and oxygen atoms in total. The summed E-state index contributed by atoms with van der Waals surface area (Å²) in [6, 6.07) is 0. The van der Waals surface area contributed by atoms with Gasteiger partial charge in [-0.3, -0.25) is 14.4 Å². The zero-order chi connectivity index (χ0) is 16.4. The van der Waals surface area contributed by atoms with Crippen molar-refractivity contribution in [3.63, 3.8) is 0 Å². The Labute approximate surface area is 126 Å². The third kappa shape index (κ3) is 4.55. The number of carbonyl (C=O) groups is 3. The van der Waals surface area contributed by atoms with Crippen LogP contribution in [0, 0.1) is 17.3 Å². The van der Waals surface area contributed by atoms with Gasteiger partial charge in [-0.1, -0.05) is 34.6 Å². The minimum Gasteiger partial charge on any atom is -0.458 e. The van der Waals surface area contributed by atoms with Crippen molar-refractivity contribution in [1.29, 1.82) is 0 Å². The molecule has 0 aromatic rings. The molecule has 0 aliphatic carbocycles. The second-order valence-electron chi connectivity index (χ2n) is 7.33. The second kappa shape index (κ2) is 6.16. The van der Waals surface area contributed by atoms with E-state index in [1.54, 1.807) is 13.8 Å². The van der Waals surface area contributed by atoms with Crippen LogP contribution in [0.2, 0.25) is 0 Å². The molecule has 0 aromatic heterocycles. The van der Waals surface area contributed by atoms with Gasteiger partial charge >= 0.3 is 17.9 Å². The number of hydrogen-bond donors (Lipinski definition) is 0. The minimum absolute atomic E-state index is 0.0286. The van der Waals surface area contributed by atoms with Crippen molar-refractivity contribution in [1.82, 2.24) is 0 Å². The average Bonchev–Trinajstić information content (AvgIpc) is 2.65. The van der Waals surface area contributed by atoms with Crippen molar-refractivity contribution in [2.75, 3.05) is 0 Å². The first-order valence-corrected chi connectivity index (χ1v) is 7.46. The molecule has 21 heavy (non-hydrogen) atoms. The van der Waals surface area contributed by atoms with Crippen molar-refractivity contribution >= 4 is 17.9 Å². The quantitative estimate of drug-likeness (QED) is 0.576. The SMILES string of the molecule is CCC(C)C(=O)OC(C)(CC(C)(C)C)C1CC(=O)OC1=O. The molecule has 0 radical (unpaired) electrons. The number of hydrogen-bond acceptors (Lipinski definition) is 5. The molecule has 0 saturated carbocycles. The van der Waals surface area contributed by atoms with E-state index in [1.807, 2.05) is 27.7 Å². The van der Waals surface area contributed by atoms with E-state index >= 15 is 0 Å². The smallest absolute Gasteiger partial charge is 0.321 e. The van der Waals surface area contributed by atoms with E-state index in [1.165, 1.54) is 0 Å². The molecule has 0 amide bonds. The fourth-order valence-corrected chi connectivity index (χ4v) is 2.72. The minimum atomic E-state index is -1.03. The third-order valence-electron chi connectivity index (χ3n) is 3.84. The maximum Gasteiger partial charge on any atom is 0.321 e. The van der Waals surface area contributed by atoms with Crippen LogP contribution in [-0.4, -0.2) is 23.5 Å². The molecule has 3 unspecified atom stereocenters. The molecular weight excluding hydrogens is 272 g/mol. The summed E-state index contributed by atoms with van der Waals surface area (Å²) >= 11 is 0. The highest BCUT2D eigenvalue weighted by Gasteiger charge is 2.51. The Morgan fingerprint density at radius 1 is 1.33 bits per heavy atom. The van der Waals surface area contributed by atoms with E-state index in [-0.39, 0.29) is 23.7 Å². The van der Waals surface area contributed by atoms with Crippen LogP contribution in [0.15, 0.2) is 0 Å². The molecule has 0 spiro atoms. The van der Waals surface area contributed by atoms with Gasteiger partial charge < -0.3 is 9.47 Å². The summed E-state index contributed by atoms with van der Waals surface area (Å²) in [6.45, 7) is 11.4. The maximum absolute atomic E-state index is 12.2. The summed E-state index contributed by atoms with van der Waals surface area (Å²) in [6.07, 6.45) is 1.12. The molecule has 0 N–H and O–H groups in total. The summed E-state index contributed by atoms with van der Waals surface area (Å²) in [7, 11) is 0. The lowest BCUT2D eigenvalue weighted by atomic mass is 9.75. The summed E-state index contributed by atoms with van der Waals surface area (Å²) in [5.74, 6) is -2.44. The van der Waals surface area contributed by atoms with Gasteiger partial charge in [0.25, 0.3) is 0 Å². The topological polar surface area (TPSA) is 69.7 Å². The highest BCUT2D eigenvalue weighted by Crippen LogP contribution is 2.40. The Bertz CT molecular complexity index is 434. The van der Waals surface area contributed by atoms with Gasteiger partial charge in [0.15, 0.2) is 0 Å². The molecule has 1 heterocycles. The van der Waals surface area contributed by atoms with Gasteiger partial charge in [-0.05, 0) is 25.2 Å². The van der Waals surface area contributed by atoms with Crippen molar-refractivity contribution < 1.29 is 23.9 Å². The highest BCUT2D eigenvalue weighted by molar-refractivity contribution is 5.95. The lowest BCUT2D eigenvalue weighted by Crippen LogP contribution is -2.45. The largest absolute Gasteiger partial charge is 0.458 e. The molecule has 1 saturated heterocycles. The molecule has 120 valence electrons. The number of ether oxygens (including phenoxy) is 2. The number of rotatable bonds is 5. The molecular formula is C16H26O5. The van der Waals surface area contributed by atoms with Crippen LogP contribution < -0.4 is 0 Å². The summed E-state index contributed by atoms with van der Waals surface area (Å²) in [5.41, 5.74) is -1.18. The normalized spacial score (nSPS) is 23.4. The zero-order valence-corrected chi connectivity index (χ0v) is 13.8. The molecule has 3 atom stereocenters. The second-order valence-corrected chi connectivity index (χ2v) is 7.33. The fraction of sp³-hybridized carbons (Fsp3) is 0.812. The molecule has 1 fully saturated rings. The molecule has 1 rings (SSSR count). The van der Waals surface area contributed by atoms with Crippen LogP contribution in [0.3, 0.4) is 0 Å². The van der Waals surface area contributed by atoms with Gasteiger partial charge in [-0.2, -0.15) is 0 Å². The van der Waals surface area contributed by atoms with Crippen LogP contribution >= 0.6 is 0 Å². The van der Waals surface area contributed by atoms with Gasteiger partial charge in [0.05, 0.1) is 12.3 Å². The maximum atomic E-state index is 12.2. The van der Waals surface area contributed by atoms with Crippen LogP contribution in [0.1, 0.15) is 60.8 Å². The van der Waals surface area contributed by atoms with E-state index in [4.69, 9.17) is 4.74 Å². The van der Waals surface area contributed by atoms with E-state index in [9.17, 15) is 14.4 Å². The zero-order valence-electron chi connectivity index (χ0n) is 13.8. The first kappa shape index (κ1) is 17.7. The van der Waals surface area contributed by atoms with Gasteiger partial charge in [0, 0.05) is 0 Å². The Morgan fingerprint density at radius 3 is 2.29 bits per heavy atom. The Balaban J connectivity index is 3.03. The Morgan fingerprint density at radius 2 is 1.90 bits per heavy atom. The lowest BCUT2D eigenvalue weighted by molar-refractivity contribution is -0.175. The summed E-state index contributed by atoms with van der Waals surface area (Å²) < 4.78 is 10.3. The van der Waals surface area contributed by atoms with E-state index in [0.29, 0.717) is 12.8 Å². The predicted octanol–water partition coefficient (Wildman–Crippen LogP) is 2.86. The van der Waals surface area contributed by atoms with Crippen LogP contribution in [0.25, 0.3) is 0 Å². The van der Waals surface area contributed by atoms with Gasteiger partial charge in [0.1, 0.15) is 11.5 Å². The van der Waals surface area contributed by atoms with Crippen molar-refractivity contribution in [2.45, 2.75) is 66.4 Å². The molecule has 5 heteroatoms. The van der Waals surface area contributed by atoms with Crippen LogP contribution in [0.4, 0.5) is 0 Å². The first-order valence-electron chi connectivity index (χ1n) is 7.46.